The summed E-state index contributed by atoms with van der Waals surface area (Å²) >= 11 is 6.08. The van der Waals surface area contributed by atoms with Gasteiger partial charge in [-0.25, -0.2) is 14.6 Å². The fourth-order valence-electron chi connectivity index (χ4n) is 3.82. The van der Waals surface area contributed by atoms with E-state index in [9.17, 15) is 9.90 Å². The van der Waals surface area contributed by atoms with Crippen LogP contribution in [0.3, 0.4) is 0 Å². The van der Waals surface area contributed by atoms with E-state index >= 15 is 0 Å². The average Bonchev–Trinajstić information content (AvgIpc) is 3.14. The number of nitrogens with one attached hydrogen (secondary N) is 1. The highest BCUT2D eigenvalue weighted by Crippen LogP contribution is 2.40. The van der Waals surface area contributed by atoms with Gasteiger partial charge < -0.3 is 10.4 Å². The third-order valence-corrected chi connectivity index (χ3v) is 5.57. The molecule has 0 saturated carbocycles. The Bertz CT molecular complexity index is 1040. The third kappa shape index (κ3) is 4.80. The van der Waals surface area contributed by atoms with Gasteiger partial charge in [-0.15, -0.1) is 12.4 Å². The summed E-state index contributed by atoms with van der Waals surface area (Å²) in [6, 6.07) is 9.16. The topological polar surface area (TPSA) is 92.9 Å². The summed E-state index contributed by atoms with van der Waals surface area (Å²) in [4.78, 5) is 21.7. The number of aromatic nitrogens is 4. The SMILES string of the molecule is CC(C)(O)C(=O)n1nc(-c2ccc(Cl)cc2)c(-c2ccncn2)c1C1CCNCC1.Cl. The van der Waals surface area contributed by atoms with E-state index in [1.165, 1.54) is 24.9 Å². The third-order valence-electron chi connectivity index (χ3n) is 5.32. The molecular formula is C22H25Cl2N5O2. The van der Waals surface area contributed by atoms with Crippen LogP contribution in [-0.2, 0) is 0 Å². The number of carbonyl (C=O) groups is 1. The number of benzene rings is 1. The van der Waals surface area contributed by atoms with E-state index in [2.05, 4.69) is 15.3 Å². The van der Waals surface area contributed by atoms with Crippen molar-refractivity contribution < 1.29 is 9.90 Å². The predicted octanol–water partition coefficient (Wildman–Crippen LogP) is 3.96. The summed E-state index contributed by atoms with van der Waals surface area (Å²) in [5.41, 5.74) is 2.17. The van der Waals surface area contributed by atoms with Crippen molar-refractivity contribution in [1.29, 1.82) is 0 Å². The first kappa shape index (κ1) is 23.3. The first-order chi connectivity index (χ1) is 14.4. The zero-order chi connectivity index (χ0) is 21.3. The van der Waals surface area contributed by atoms with Gasteiger partial charge in [0.25, 0.3) is 5.91 Å². The molecule has 3 aromatic rings. The van der Waals surface area contributed by atoms with Gasteiger partial charge in [-0.05, 0) is 58.0 Å². The molecule has 3 heterocycles. The van der Waals surface area contributed by atoms with Gasteiger partial charge in [0.15, 0.2) is 0 Å². The highest BCUT2D eigenvalue weighted by atomic mass is 35.5. The fourth-order valence-corrected chi connectivity index (χ4v) is 3.94. The van der Waals surface area contributed by atoms with Crippen molar-refractivity contribution in [3.8, 4) is 22.5 Å². The molecule has 2 N–H and O–H groups in total. The average molecular weight is 462 g/mol. The zero-order valence-corrected chi connectivity index (χ0v) is 19.0. The molecule has 7 nitrogen and oxygen atoms in total. The van der Waals surface area contributed by atoms with Crippen LogP contribution < -0.4 is 5.32 Å². The first-order valence-electron chi connectivity index (χ1n) is 9.99. The molecule has 0 unspecified atom stereocenters. The van der Waals surface area contributed by atoms with Crippen LogP contribution in [0.2, 0.25) is 5.02 Å². The minimum absolute atomic E-state index is 0. The lowest BCUT2D eigenvalue weighted by Crippen LogP contribution is -2.38. The van der Waals surface area contributed by atoms with Gasteiger partial charge in [0.2, 0.25) is 0 Å². The van der Waals surface area contributed by atoms with E-state index in [1.54, 1.807) is 18.3 Å². The van der Waals surface area contributed by atoms with Crippen molar-refractivity contribution in [2.24, 2.45) is 0 Å². The van der Waals surface area contributed by atoms with Crippen molar-refractivity contribution in [2.45, 2.75) is 38.2 Å². The molecule has 1 aliphatic rings. The normalized spacial score (nSPS) is 14.8. The molecule has 9 heteroatoms. The van der Waals surface area contributed by atoms with Crippen LogP contribution in [-0.4, -0.2) is 49.5 Å². The molecule has 0 radical (unpaired) electrons. The van der Waals surface area contributed by atoms with Gasteiger partial charge in [-0.3, -0.25) is 4.79 Å². The standard InChI is InChI=1S/C22H24ClN5O2.ClH/c1-22(2,30)21(29)28-20(15-7-10-24-11-8-15)18(17-9-12-25-13-26-17)19(27-28)14-3-5-16(23)6-4-14;/h3-6,9,12-13,15,24,30H,7-8,10-11H2,1-2H3;1H. The number of nitrogens with zero attached hydrogens (tertiary/aromatic N) is 4. The van der Waals surface area contributed by atoms with Gasteiger partial charge in [-0.1, -0.05) is 23.7 Å². The van der Waals surface area contributed by atoms with E-state index in [0.717, 1.165) is 42.8 Å². The summed E-state index contributed by atoms with van der Waals surface area (Å²) in [5, 5.41) is 19.2. The maximum absolute atomic E-state index is 13.2. The number of carbonyl (C=O) groups excluding carboxylic acids is 1. The van der Waals surface area contributed by atoms with Gasteiger partial charge >= 0.3 is 0 Å². The van der Waals surface area contributed by atoms with Crippen molar-refractivity contribution in [1.82, 2.24) is 25.1 Å². The van der Waals surface area contributed by atoms with Crippen LogP contribution in [0.25, 0.3) is 22.5 Å². The lowest BCUT2D eigenvalue weighted by molar-refractivity contribution is 0.0368. The zero-order valence-electron chi connectivity index (χ0n) is 17.4. The van der Waals surface area contributed by atoms with E-state index in [-0.39, 0.29) is 18.3 Å². The monoisotopic (exact) mass is 461 g/mol. The fraction of sp³-hybridized carbons (Fsp3) is 0.364. The molecule has 1 saturated heterocycles. The number of aliphatic hydroxyl groups is 1. The highest BCUT2D eigenvalue weighted by Gasteiger charge is 2.35. The Hall–Kier alpha value is -2.32. The molecule has 0 spiro atoms. The second kappa shape index (κ2) is 9.44. The number of halogens is 2. The molecule has 0 bridgehead atoms. The van der Waals surface area contributed by atoms with E-state index in [4.69, 9.17) is 16.7 Å². The molecule has 4 rings (SSSR count). The highest BCUT2D eigenvalue weighted by molar-refractivity contribution is 6.30. The van der Waals surface area contributed by atoms with Crippen LogP contribution in [0.4, 0.5) is 0 Å². The lowest BCUT2D eigenvalue weighted by atomic mass is 9.89. The van der Waals surface area contributed by atoms with Crippen LogP contribution in [0.1, 0.15) is 43.1 Å². The van der Waals surface area contributed by atoms with E-state index in [1.807, 2.05) is 18.2 Å². The summed E-state index contributed by atoms with van der Waals surface area (Å²) in [6.07, 6.45) is 4.89. The molecular weight excluding hydrogens is 437 g/mol. The number of hydrogen-bond donors (Lipinski definition) is 2. The van der Waals surface area contributed by atoms with Crippen molar-refractivity contribution in [3.63, 3.8) is 0 Å². The number of piperidine rings is 1. The quantitative estimate of drug-likeness (QED) is 0.610. The Labute approximate surface area is 192 Å². The number of rotatable bonds is 4. The Morgan fingerprint density at radius 3 is 2.45 bits per heavy atom. The maximum Gasteiger partial charge on any atom is 0.278 e. The minimum Gasteiger partial charge on any atom is -0.381 e. The molecule has 164 valence electrons. The lowest BCUT2D eigenvalue weighted by Gasteiger charge is -2.26. The Balaban J connectivity index is 0.00000272. The molecule has 1 aliphatic heterocycles. The van der Waals surface area contributed by atoms with Crippen molar-refractivity contribution >= 4 is 29.9 Å². The first-order valence-corrected chi connectivity index (χ1v) is 10.4. The van der Waals surface area contributed by atoms with Crippen LogP contribution in [0.5, 0.6) is 0 Å². The van der Waals surface area contributed by atoms with Crippen molar-refractivity contribution in [2.75, 3.05) is 13.1 Å². The Morgan fingerprint density at radius 1 is 1.19 bits per heavy atom. The van der Waals surface area contributed by atoms with Crippen molar-refractivity contribution in [3.05, 3.63) is 53.6 Å². The molecule has 0 atom stereocenters. The molecule has 2 aromatic heterocycles. The predicted molar refractivity (Wildman–Crippen MR) is 123 cm³/mol. The maximum atomic E-state index is 13.2. The summed E-state index contributed by atoms with van der Waals surface area (Å²) in [6.45, 7) is 4.67. The van der Waals surface area contributed by atoms with Gasteiger partial charge in [0.05, 0.1) is 17.0 Å². The summed E-state index contributed by atoms with van der Waals surface area (Å²) in [7, 11) is 0. The van der Waals surface area contributed by atoms with Crippen LogP contribution in [0.15, 0.2) is 42.9 Å². The molecule has 31 heavy (non-hydrogen) atoms. The minimum atomic E-state index is -1.56. The Kier molecular flexibility index (Phi) is 7.11. The molecule has 0 aliphatic carbocycles. The van der Waals surface area contributed by atoms with Gasteiger partial charge in [-0.2, -0.15) is 5.10 Å². The Morgan fingerprint density at radius 2 is 1.87 bits per heavy atom. The summed E-state index contributed by atoms with van der Waals surface area (Å²) in [5.74, 6) is -0.359. The van der Waals surface area contributed by atoms with Crippen LogP contribution in [0, 0.1) is 0 Å². The van der Waals surface area contributed by atoms with E-state index in [0.29, 0.717) is 16.4 Å². The smallest absolute Gasteiger partial charge is 0.278 e. The van der Waals surface area contributed by atoms with Gasteiger partial charge in [0.1, 0.15) is 17.6 Å². The molecule has 1 aromatic carbocycles. The van der Waals surface area contributed by atoms with Gasteiger partial charge in [0, 0.05) is 22.7 Å². The number of hydrogen-bond acceptors (Lipinski definition) is 6. The second-order valence-corrected chi connectivity index (χ2v) is 8.45. The molecule has 0 amide bonds. The largest absolute Gasteiger partial charge is 0.381 e. The van der Waals surface area contributed by atoms with E-state index < -0.39 is 11.5 Å². The molecule has 1 fully saturated rings. The second-order valence-electron chi connectivity index (χ2n) is 8.01. The summed E-state index contributed by atoms with van der Waals surface area (Å²) < 4.78 is 1.39. The van der Waals surface area contributed by atoms with Crippen LogP contribution >= 0.6 is 24.0 Å².